The molecule has 0 heterocycles. The lowest BCUT2D eigenvalue weighted by atomic mass is 10.1. The maximum Gasteiger partial charge on any atom is 0.333 e. The van der Waals surface area contributed by atoms with Gasteiger partial charge >= 0.3 is 5.97 Å². The van der Waals surface area contributed by atoms with Crippen LogP contribution in [0.4, 0.5) is 5.69 Å². The number of methoxy groups -OCH3 is 1. The molecule has 0 saturated heterocycles. The largest absolute Gasteiger partial charge is 0.467 e. The van der Waals surface area contributed by atoms with E-state index >= 15 is 0 Å². The zero-order valence-electron chi connectivity index (χ0n) is 11.4. The van der Waals surface area contributed by atoms with Gasteiger partial charge in [-0.15, -0.1) is 0 Å². The zero-order chi connectivity index (χ0) is 14.5. The van der Waals surface area contributed by atoms with Gasteiger partial charge in [0.15, 0.2) is 6.04 Å². The van der Waals surface area contributed by atoms with Crippen LogP contribution >= 0.6 is 15.9 Å². The molecule has 1 unspecified atom stereocenters. The summed E-state index contributed by atoms with van der Waals surface area (Å²) < 4.78 is 5.95. The first-order valence-corrected chi connectivity index (χ1v) is 7.04. The fourth-order valence-corrected chi connectivity index (χ4v) is 2.35. The van der Waals surface area contributed by atoms with Crippen molar-refractivity contribution in [2.75, 3.05) is 19.1 Å². The minimum absolute atomic E-state index is 0.276. The van der Waals surface area contributed by atoms with E-state index in [0.29, 0.717) is 0 Å². The normalized spacial score (nSPS) is 11.8. The Kier molecular flexibility index (Phi) is 4.79. The first kappa shape index (κ1) is 14.6. The number of rotatable bonds is 4. The number of halogens is 1. The van der Waals surface area contributed by atoms with Crippen molar-refractivity contribution >= 4 is 27.6 Å². The molecule has 0 aromatic heterocycles. The van der Waals surface area contributed by atoms with E-state index in [-0.39, 0.29) is 5.97 Å². The summed E-state index contributed by atoms with van der Waals surface area (Å²) in [7, 11) is 3.30. The van der Waals surface area contributed by atoms with Crippen molar-refractivity contribution < 1.29 is 9.53 Å². The van der Waals surface area contributed by atoms with Gasteiger partial charge in [0.2, 0.25) is 0 Å². The van der Waals surface area contributed by atoms with Gasteiger partial charge in [-0.3, -0.25) is 0 Å². The highest BCUT2D eigenvalue weighted by atomic mass is 79.9. The molecule has 2 rings (SSSR count). The SMILES string of the molecule is COC(=O)C(c1ccccc1)N(C)c1ccc(Br)cc1. The minimum Gasteiger partial charge on any atom is -0.467 e. The van der Waals surface area contributed by atoms with Crippen molar-refractivity contribution in [3.05, 3.63) is 64.6 Å². The van der Waals surface area contributed by atoms with Crippen LogP contribution in [0.15, 0.2) is 59.1 Å². The molecule has 104 valence electrons. The second-order valence-electron chi connectivity index (χ2n) is 4.42. The lowest BCUT2D eigenvalue weighted by Gasteiger charge is -2.28. The molecule has 2 aromatic carbocycles. The number of hydrogen-bond acceptors (Lipinski definition) is 3. The van der Waals surface area contributed by atoms with Crippen LogP contribution in [0.1, 0.15) is 11.6 Å². The van der Waals surface area contributed by atoms with Crippen molar-refractivity contribution in [2.24, 2.45) is 0 Å². The topological polar surface area (TPSA) is 29.5 Å². The van der Waals surface area contributed by atoms with Crippen LogP contribution in [0, 0.1) is 0 Å². The molecule has 0 bridgehead atoms. The molecule has 0 amide bonds. The summed E-state index contributed by atoms with van der Waals surface area (Å²) in [6.07, 6.45) is 0. The highest BCUT2D eigenvalue weighted by Crippen LogP contribution is 2.27. The Morgan fingerprint density at radius 3 is 2.25 bits per heavy atom. The van der Waals surface area contributed by atoms with Gasteiger partial charge in [-0.1, -0.05) is 46.3 Å². The summed E-state index contributed by atoms with van der Waals surface area (Å²) in [5.41, 5.74) is 1.86. The predicted molar refractivity (Wildman–Crippen MR) is 83.7 cm³/mol. The van der Waals surface area contributed by atoms with E-state index in [1.54, 1.807) is 0 Å². The van der Waals surface area contributed by atoms with Crippen molar-refractivity contribution in [3.63, 3.8) is 0 Å². The number of carbonyl (C=O) groups is 1. The van der Waals surface area contributed by atoms with Gasteiger partial charge < -0.3 is 9.64 Å². The van der Waals surface area contributed by atoms with Crippen molar-refractivity contribution in [1.29, 1.82) is 0 Å². The molecule has 0 spiro atoms. The van der Waals surface area contributed by atoms with E-state index in [1.807, 2.05) is 66.5 Å². The van der Waals surface area contributed by atoms with Crippen molar-refractivity contribution in [2.45, 2.75) is 6.04 Å². The van der Waals surface area contributed by atoms with Gasteiger partial charge in [-0.25, -0.2) is 4.79 Å². The monoisotopic (exact) mass is 333 g/mol. The summed E-state index contributed by atoms with van der Waals surface area (Å²) in [6.45, 7) is 0. The van der Waals surface area contributed by atoms with E-state index in [2.05, 4.69) is 15.9 Å². The van der Waals surface area contributed by atoms with Crippen LogP contribution in [0.25, 0.3) is 0 Å². The average molecular weight is 334 g/mol. The predicted octanol–water partition coefficient (Wildman–Crippen LogP) is 3.80. The number of ether oxygens (including phenoxy) is 1. The molecule has 0 aliphatic rings. The van der Waals surface area contributed by atoms with Crippen LogP contribution in [-0.4, -0.2) is 20.1 Å². The summed E-state index contributed by atoms with van der Waals surface area (Å²) in [6, 6.07) is 17.0. The van der Waals surface area contributed by atoms with Gasteiger partial charge in [-0.2, -0.15) is 0 Å². The van der Waals surface area contributed by atoms with Gasteiger partial charge in [0, 0.05) is 17.2 Å². The fourth-order valence-electron chi connectivity index (χ4n) is 2.09. The Balaban J connectivity index is 2.36. The molecule has 1 atom stereocenters. The van der Waals surface area contributed by atoms with E-state index in [9.17, 15) is 4.79 Å². The number of hydrogen-bond donors (Lipinski definition) is 0. The molecule has 3 nitrogen and oxygen atoms in total. The molecular formula is C16H16BrNO2. The maximum absolute atomic E-state index is 12.1. The molecule has 20 heavy (non-hydrogen) atoms. The Morgan fingerprint density at radius 1 is 1.10 bits per heavy atom. The van der Waals surface area contributed by atoms with E-state index in [1.165, 1.54) is 7.11 Å². The molecule has 0 saturated carbocycles. The molecule has 0 fully saturated rings. The lowest BCUT2D eigenvalue weighted by Crippen LogP contribution is -2.31. The lowest BCUT2D eigenvalue weighted by molar-refractivity contribution is -0.142. The molecule has 4 heteroatoms. The van der Waals surface area contributed by atoms with Crippen molar-refractivity contribution in [1.82, 2.24) is 0 Å². The Morgan fingerprint density at radius 2 is 1.70 bits per heavy atom. The minimum atomic E-state index is -0.456. The van der Waals surface area contributed by atoms with Crippen molar-refractivity contribution in [3.8, 4) is 0 Å². The van der Waals surface area contributed by atoms with Crippen LogP contribution in [-0.2, 0) is 9.53 Å². The third-order valence-corrected chi connectivity index (χ3v) is 3.69. The molecule has 0 aliphatic carbocycles. The van der Waals surface area contributed by atoms with Gasteiger partial charge in [0.1, 0.15) is 0 Å². The van der Waals surface area contributed by atoms with Crippen LogP contribution < -0.4 is 4.90 Å². The van der Waals surface area contributed by atoms with Crippen LogP contribution in [0.2, 0.25) is 0 Å². The first-order chi connectivity index (χ1) is 9.63. The van der Waals surface area contributed by atoms with Gasteiger partial charge in [-0.05, 0) is 29.8 Å². The molecular weight excluding hydrogens is 318 g/mol. The smallest absolute Gasteiger partial charge is 0.333 e. The Labute approximate surface area is 127 Å². The quantitative estimate of drug-likeness (QED) is 0.797. The molecule has 0 radical (unpaired) electrons. The van der Waals surface area contributed by atoms with Crippen LogP contribution in [0.5, 0.6) is 0 Å². The first-order valence-electron chi connectivity index (χ1n) is 6.24. The highest BCUT2D eigenvalue weighted by molar-refractivity contribution is 9.10. The number of carbonyl (C=O) groups excluding carboxylic acids is 1. The second kappa shape index (κ2) is 6.57. The molecule has 2 aromatic rings. The van der Waals surface area contributed by atoms with E-state index in [4.69, 9.17) is 4.74 Å². The zero-order valence-corrected chi connectivity index (χ0v) is 13.0. The average Bonchev–Trinajstić information content (AvgIpc) is 2.49. The number of nitrogens with zero attached hydrogens (tertiary/aromatic N) is 1. The third-order valence-electron chi connectivity index (χ3n) is 3.16. The van der Waals surface area contributed by atoms with E-state index in [0.717, 1.165) is 15.7 Å². The van der Waals surface area contributed by atoms with Gasteiger partial charge in [0.25, 0.3) is 0 Å². The Hall–Kier alpha value is -1.81. The van der Waals surface area contributed by atoms with Crippen LogP contribution in [0.3, 0.4) is 0 Å². The summed E-state index contributed by atoms with van der Waals surface area (Å²) in [5.74, 6) is -0.276. The highest BCUT2D eigenvalue weighted by Gasteiger charge is 2.26. The molecule has 0 aliphatic heterocycles. The fraction of sp³-hybridized carbons (Fsp3) is 0.188. The summed E-state index contributed by atoms with van der Waals surface area (Å²) in [4.78, 5) is 14.0. The summed E-state index contributed by atoms with van der Waals surface area (Å²) >= 11 is 3.41. The molecule has 0 N–H and O–H groups in total. The summed E-state index contributed by atoms with van der Waals surface area (Å²) in [5, 5.41) is 0. The number of benzene rings is 2. The maximum atomic E-state index is 12.1. The number of anilines is 1. The Bertz CT molecular complexity index is 569. The second-order valence-corrected chi connectivity index (χ2v) is 5.34. The third kappa shape index (κ3) is 3.20. The number of likely N-dealkylation sites (N-methyl/N-ethyl adjacent to an activating group) is 1. The number of esters is 1. The standard InChI is InChI=1S/C16H16BrNO2/c1-18(14-10-8-13(17)9-11-14)15(16(19)20-2)12-6-4-3-5-7-12/h3-11,15H,1-2H3. The van der Waals surface area contributed by atoms with Gasteiger partial charge in [0.05, 0.1) is 7.11 Å². The van der Waals surface area contributed by atoms with E-state index < -0.39 is 6.04 Å².